The molecule has 7 atom stereocenters. The monoisotopic (exact) mass is 579 g/mol. The molecule has 0 aliphatic carbocycles. The lowest BCUT2D eigenvalue weighted by atomic mass is 9.74. The highest BCUT2D eigenvalue weighted by atomic mass is 16.6. The number of rotatable bonds is 6. The van der Waals surface area contributed by atoms with Crippen LogP contribution in [0.5, 0.6) is 0 Å². The third-order valence-electron chi connectivity index (χ3n) is 8.81. The van der Waals surface area contributed by atoms with Crippen molar-refractivity contribution in [2.24, 2.45) is 11.8 Å². The predicted molar refractivity (Wildman–Crippen MR) is 154 cm³/mol. The lowest BCUT2D eigenvalue weighted by molar-refractivity contribution is -0.161. The summed E-state index contributed by atoms with van der Waals surface area (Å²) in [5.74, 6) is -3.23. The number of likely N-dealkylation sites (tertiary alicyclic amines) is 1. The number of aliphatic hydroxyl groups is 1. The Hall–Kier alpha value is -3.50. The largest absolute Gasteiger partial charge is 0.455 e. The average molecular weight is 580 g/mol. The highest BCUT2D eigenvalue weighted by Gasteiger charge is 2.73. The average Bonchev–Trinajstić information content (AvgIpc) is 3.60. The minimum absolute atomic E-state index is 0.0266. The fraction of sp³-hybridized carbons (Fsp3) is 0.562. The maximum atomic E-state index is 14.3. The number of unbranched alkanes of at least 4 members (excludes halogenated alkanes) is 1. The molecular weight excluding hydrogens is 538 g/mol. The van der Waals surface area contributed by atoms with Gasteiger partial charge in [0, 0.05) is 32.2 Å². The van der Waals surface area contributed by atoms with Crippen molar-refractivity contribution in [1.82, 2.24) is 15.1 Å². The van der Waals surface area contributed by atoms with Crippen LogP contribution >= 0.6 is 0 Å². The van der Waals surface area contributed by atoms with Crippen molar-refractivity contribution in [2.75, 3.05) is 19.7 Å². The van der Waals surface area contributed by atoms with E-state index in [1.807, 2.05) is 56.3 Å². The first-order valence-corrected chi connectivity index (χ1v) is 15.0. The van der Waals surface area contributed by atoms with Gasteiger partial charge in [0.25, 0.3) is 0 Å². The number of nitrogens with one attached hydrogen (secondary N) is 1. The van der Waals surface area contributed by atoms with Crippen LogP contribution < -0.4 is 5.32 Å². The van der Waals surface area contributed by atoms with Crippen molar-refractivity contribution in [3.05, 3.63) is 60.2 Å². The summed E-state index contributed by atoms with van der Waals surface area (Å²) in [6, 6.07) is 7.55. The van der Waals surface area contributed by atoms with E-state index >= 15 is 0 Å². The third kappa shape index (κ3) is 5.38. The Morgan fingerprint density at radius 2 is 1.83 bits per heavy atom. The summed E-state index contributed by atoms with van der Waals surface area (Å²) in [5, 5.41) is 12.4. The van der Waals surface area contributed by atoms with Gasteiger partial charge in [-0.1, -0.05) is 54.6 Å². The predicted octanol–water partition coefficient (Wildman–Crippen LogP) is 2.29. The SMILES string of the molecule is CC(C)N1C/C=C\CCC(=O)N[C@H](C)[C@@H](c2ccccc2)OC(=O)[C@@H]2[C@@H]3C=C[C@]4(O3)[C@H](C1=O)N(CCCCO)C(=O)[C@@H]24. The number of carbonyl (C=O) groups excluding carboxylic acids is 4. The molecule has 10 nitrogen and oxygen atoms in total. The van der Waals surface area contributed by atoms with Crippen LogP contribution in [0.1, 0.15) is 58.1 Å². The zero-order valence-electron chi connectivity index (χ0n) is 24.5. The molecule has 2 fully saturated rings. The zero-order valence-corrected chi connectivity index (χ0v) is 24.5. The fourth-order valence-electron chi connectivity index (χ4n) is 6.79. The second-order valence-corrected chi connectivity index (χ2v) is 11.9. The molecule has 1 aromatic carbocycles. The molecular formula is C32H41N3O7. The number of allylic oxidation sites excluding steroid dienone is 1. The maximum absolute atomic E-state index is 14.3. The van der Waals surface area contributed by atoms with E-state index in [9.17, 15) is 24.3 Å². The number of fused-ring (bicyclic) bond motifs is 2. The van der Waals surface area contributed by atoms with Gasteiger partial charge in [-0.05, 0) is 45.6 Å². The summed E-state index contributed by atoms with van der Waals surface area (Å²) < 4.78 is 12.6. The molecule has 1 aromatic rings. The molecule has 0 aromatic heterocycles. The fourth-order valence-corrected chi connectivity index (χ4v) is 6.79. The molecule has 1 spiro atoms. The second kappa shape index (κ2) is 12.4. The van der Waals surface area contributed by atoms with Gasteiger partial charge in [0.1, 0.15) is 23.7 Å². The van der Waals surface area contributed by atoms with E-state index in [0.29, 0.717) is 25.8 Å². The van der Waals surface area contributed by atoms with E-state index in [0.717, 1.165) is 5.56 Å². The lowest BCUT2D eigenvalue weighted by Crippen LogP contribution is -2.57. The highest BCUT2D eigenvalue weighted by Crippen LogP contribution is 2.56. The molecule has 5 bridgehead atoms. The number of benzene rings is 1. The Morgan fingerprint density at radius 1 is 1.07 bits per heavy atom. The summed E-state index contributed by atoms with van der Waals surface area (Å²) >= 11 is 0. The smallest absolute Gasteiger partial charge is 0.313 e. The molecule has 4 aliphatic heterocycles. The Bertz CT molecular complexity index is 1250. The molecule has 10 heteroatoms. The van der Waals surface area contributed by atoms with Crippen molar-refractivity contribution >= 4 is 23.7 Å². The molecule has 5 rings (SSSR count). The zero-order chi connectivity index (χ0) is 30.0. The van der Waals surface area contributed by atoms with Crippen molar-refractivity contribution < 1.29 is 33.8 Å². The summed E-state index contributed by atoms with van der Waals surface area (Å²) in [6.07, 6.45) is 7.52. The van der Waals surface area contributed by atoms with Crippen LogP contribution in [0.3, 0.4) is 0 Å². The summed E-state index contributed by atoms with van der Waals surface area (Å²) in [4.78, 5) is 58.5. The molecule has 4 heterocycles. The topological polar surface area (TPSA) is 125 Å². The maximum Gasteiger partial charge on any atom is 0.313 e. The number of cyclic esters (lactones) is 1. The number of ether oxygens (including phenoxy) is 2. The van der Waals surface area contributed by atoms with E-state index < -0.39 is 47.7 Å². The number of nitrogens with zero attached hydrogens (tertiary/aromatic N) is 2. The number of amides is 3. The number of esters is 1. The van der Waals surface area contributed by atoms with E-state index in [1.165, 1.54) is 0 Å². The summed E-state index contributed by atoms with van der Waals surface area (Å²) in [5.41, 5.74) is -0.580. The molecule has 2 N–H and O–H groups in total. The van der Waals surface area contributed by atoms with Gasteiger partial charge in [0.2, 0.25) is 17.7 Å². The summed E-state index contributed by atoms with van der Waals surface area (Å²) in [7, 11) is 0. The van der Waals surface area contributed by atoms with Crippen LogP contribution in [-0.2, 0) is 28.7 Å². The second-order valence-electron chi connectivity index (χ2n) is 11.9. The Kier molecular flexibility index (Phi) is 8.84. The van der Waals surface area contributed by atoms with Crippen molar-refractivity contribution in [3.63, 3.8) is 0 Å². The van der Waals surface area contributed by atoms with Crippen LogP contribution in [-0.4, -0.2) is 88.1 Å². The van der Waals surface area contributed by atoms with Crippen molar-refractivity contribution in [2.45, 2.75) is 82.4 Å². The molecule has 2 saturated heterocycles. The summed E-state index contributed by atoms with van der Waals surface area (Å²) in [6.45, 7) is 6.16. The van der Waals surface area contributed by atoms with Crippen LogP contribution in [0.2, 0.25) is 0 Å². The first kappa shape index (κ1) is 30.0. The van der Waals surface area contributed by atoms with Crippen LogP contribution in [0.15, 0.2) is 54.6 Å². The third-order valence-corrected chi connectivity index (χ3v) is 8.81. The lowest BCUT2D eigenvalue weighted by Gasteiger charge is -2.37. The van der Waals surface area contributed by atoms with E-state index in [1.54, 1.807) is 28.9 Å². The van der Waals surface area contributed by atoms with Crippen LogP contribution in [0.25, 0.3) is 0 Å². The Balaban J connectivity index is 1.56. The van der Waals surface area contributed by atoms with Crippen LogP contribution in [0, 0.1) is 11.8 Å². The number of aliphatic hydroxyl groups excluding tert-OH is 1. The number of hydrogen-bond donors (Lipinski definition) is 2. The molecule has 0 unspecified atom stereocenters. The van der Waals surface area contributed by atoms with Gasteiger partial charge in [-0.15, -0.1) is 0 Å². The van der Waals surface area contributed by atoms with E-state index in [4.69, 9.17) is 9.47 Å². The van der Waals surface area contributed by atoms with Gasteiger partial charge in [0.15, 0.2) is 0 Å². The van der Waals surface area contributed by atoms with Gasteiger partial charge in [-0.2, -0.15) is 0 Å². The molecule has 0 saturated carbocycles. The number of carbonyl (C=O) groups is 4. The van der Waals surface area contributed by atoms with Crippen LogP contribution in [0.4, 0.5) is 0 Å². The highest BCUT2D eigenvalue weighted by molar-refractivity contribution is 5.99. The van der Waals surface area contributed by atoms with Gasteiger partial charge in [-0.25, -0.2) is 0 Å². The number of hydrogen-bond acceptors (Lipinski definition) is 7. The Labute approximate surface area is 246 Å². The van der Waals surface area contributed by atoms with Gasteiger partial charge < -0.3 is 29.7 Å². The minimum atomic E-state index is -1.30. The first-order chi connectivity index (χ1) is 20.2. The quantitative estimate of drug-likeness (QED) is 0.301. The van der Waals surface area contributed by atoms with Gasteiger partial charge in [-0.3, -0.25) is 19.2 Å². The van der Waals surface area contributed by atoms with E-state index in [-0.39, 0.29) is 43.3 Å². The first-order valence-electron chi connectivity index (χ1n) is 15.0. The van der Waals surface area contributed by atoms with Gasteiger partial charge in [0.05, 0.1) is 18.1 Å². The standard InChI is InChI=1S/C32H41N3O7/c1-20(2)34-17-9-5-8-14-24(37)33-21(3)27(22-12-6-4-7-13-22)41-31(40)25-23-15-16-32(42-23)26(25)29(38)35(18-10-11-19-36)28(32)30(34)39/h4-7,9,12-13,15-16,20-21,23,25-28,36H,8,10-11,14,17-19H2,1-3H3,(H,33,37)/b9-5-/t21-,23+,25-,26-,27+,28+,32-/m1/s1. The molecule has 3 amide bonds. The van der Waals surface area contributed by atoms with Crippen molar-refractivity contribution in [1.29, 1.82) is 0 Å². The normalized spacial score (nSPS) is 34.1. The minimum Gasteiger partial charge on any atom is -0.455 e. The molecule has 226 valence electrons. The Morgan fingerprint density at radius 3 is 2.55 bits per heavy atom. The molecule has 0 radical (unpaired) electrons. The van der Waals surface area contributed by atoms with Crippen molar-refractivity contribution in [3.8, 4) is 0 Å². The van der Waals surface area contributed by atoms with Gasteiger partial charge >= 0.3 is 5.97 Å². The molecule has 4 aliphatic rings. The van der Waals surface area contributed by atoms with E-state index in [2.05, 4.69) is 5.32 Å². The molecule has 42 heavy (non-hydrogen) atoms.